The number of carbonyl (C=O) groups is 1. The van der Waals surface area contributed by atoms with Gasteiger partial charge in [0.2, 0.25) is 0 Å². The highest BCUT2D eigenvalue weighted by Gasteiger charge is 2.46. The quantitative estimate of drug-likeness (QED) is 0.331. The van der Waals surface area contributed by atoms with E-state index in [9.17, 15) is 4.79 Å². The van der Waals surface area contributed by atoms with Crippen molar-refractivity contribution in [1.29, 1.82) is 0 Å². The third kappa shape index (κ3) is 2.27. The topological polar surface area (TPSA) is 48.1 Å². The van der Waals surface area contributed by atoms with Crippen molar-refractivity contribution in [3.8, 4) is 0 Å². The average molecular weight is 174 g/mol. The largest absolute Gasteiger partial charge is 0.356 e. The fraction of sp³-hybridized carbons (Fsp3) is 0.875. The second kappa shape index (κ2) is 4.54. The highest BCUT2D eigenvalue weighted by Crippen LogP contribution is 2.26. The lowest BCUT2D eigenvalue weighted by atomic mass is 10.3. The van der Waals surface area contributed by atoms with Gasteiger partial charge < -0.3 is 19.0 Å². The van der Waals surface area contributed by atoms with Gasteiger partial charge in [0.25, 0.3) is 0 Å². The smallest absolute Gasteiger partial charge is 0.186 e. The fourth-order valence-electron chi connectivity index (χ4n) is 1.03. The molecule has 1 saturated heterocycles. The van der Waals surface area contributed by atoms with E-state index in [0.29, 0.717) is 13.2 Å². The molecule has 12 heavy (non-hydrogen) atoms. The first kappa shape index (κ1) is 9.64. The van der Waals surface area contributed by atoms with Crippen molar-refractivity contribution in [3.05, 3.63) is 0 Å². The number of carbonyl (C=O) groups excluding carboxylic acids is 1. The molecule has 0 N–H and O–H groups in total. The first-order chi connectivity index (χ1) is 5.83. The number of hydrogen-bond acceptors (Lipinski definition) is 4. The van der Waals surface area contributed by atoms with Gasteiger partial charge in [-0.3, -0.25) is 0 Å². The van der Waals surface area contributed by atoms with Gasteiger partial charge in [0.15, 0.2) is 12.6 Å². The maximum atomic E-state index is 10.3. The summed E-state index contributed by atoms with van der Waals surface area (Å²) in [5.74, 6) is 0. The van der Waals surface area contributed by atoms with Crippen LogP contribution in [0.2, 0.25) is 0 Å². The molecule has 0 aliphatic carbocycles. The first-order valence-corrected chi connectivity index (χ1v) is 4.17. The predicted octanol–water partition coefficient (Wildman–Crippen LogP) is 0.352. The van der Waals surface area contributed by atoms with Gasteiger partial charge in [0.1, 0.15) is 12.2 Å². The Hall–Kier alpha value is -0.450. The van der Waals surface area contributed by atoms with E-state index in [-0.39, 0.29) is 18.5 Å². The van der Waals surface area contributed by atoms with Crippen molar-refractivity contribution < 1.29 is 19.0 Å². The zero-order valence-corrected chi connectivity index (χ0v) is 7.36. The Morgan fingerprint density at radius 1 is 1.42 bits per heavy atom. The molecule has 1 aliphatic heterocycles. The number of rotatable bonds is 6. The lowest BCUT2D eigenvalue weighted by Crippen LogP contribution is -2.25. The van der Waals surface area contributed by atoms with Gasteiger partial charge in [-0.15, -0.1) is 0 Å². The molecular weight excluding hydrogens is 160 g/mol. The molecule has 0 saturated carbocycles. The van der Waals surface area contributed by atoms with Gasteiger partial charge in [-0.2, -0.15) is 0 Å². The Morgan fingerprint density at radius 3 is 2.33 bits per heavy atom. The minimum atomic E-state index is -0.379. The van der Waals surface area contributed by atoms with Crippen LogP contribution < -0.4 is 0 Å². The highest BCUT2D eigenvalue weighted by atomic mass is 16.7. The summed E-state index contributed by atoms with van der Waals surface area (Å²) >= 11 is 0. The molecular formula is C8H14O4. The Morgan fingerprint density at radius 2 is 2.00 bits per heavy atom. The second-order valence-electron chi connectivity index (χ2n) is 2.48. The van der Waals surface area contributed by atoms with Crippen LogP contribution in [-0.4, -0.2) is 38.0 Å². The summed E-state index contributed by atoms with van der Waals surface area (Å²) in [6, 6.07) is 0. The van der Waals surface area contributed by atoms with Gasteiger partial charge in [-0.1, -0.05) is 0 Å². The van der Waals surface area contributed by atoms with Gasteiger partial charge in [-0.05, 0) is 13.8 Å². The van der Waals surface area contributed by atoms with Crippen LogP contribution in [0.5, 0.6) is 0 Å². The Balaban J connectivity index is 2.28. The molecule has 0 aromatic carbocycles. The number of hydrogen-bond donors (Lipinski definition) is 0. The van der Waals surface area contributed by atoms with E-state index >= 15 is 0 Å². The van der Waals surface area contributed by atoms with E-state index in [1.165, 1.54) is 0 Å². The third-order valence-electron chi connectivity index (χ3n) is 1.63. The van der Waals surface area contributed by atoms with Crippen LogP contribution in [0.3, 0.4) is 0 Å². The first-order valence-electron chi connectivity index (χ1n) is 4.17. The molecule has 2 atom stereocenters. The van der Waals surface area contributed by atoms with Gasteiger partial charge in [0, 0.05) is 13.2 Å². The number of ether oxygens (including phenoxy) is 3. The molecule has 1 rings (SSSR count). The molecule has 0 spiro atoms. The summed E-state index contributed by atoms with van der Waals surface area (Å²) in [5.41, 5.74) is 0. The maximum absolute atomic E-state index is 10.3. The summed E-state index contributed by atoms with van der Waals surface area (Å²) in [6.07, 6.45) is -0.124. The van der Waals surface area contributed by atoms with E-state index in [4.69, 9.17) is 14.2 Å². The van der Waals surface area contributed by atoms with Gasteiger partial charge in [0.05, 0.1) is 0 Å². The van der Waals surface area contributed by atoms with Crippen LogP contribution in [0, 0.1) is 0 Å². The Kier molecular flexibility index (Phi) is 3.65. The summed E-state index contributed by atoms with van der Waals surface area (Å²) in [4.78, 5) is 10.3. The van der Waals surface area contributed by atoms with E-state index in [1.807, 2.05) is 13.8 Å². The van der Waals surface area contributed by atoms with Gasteiger partial charge >= 0.3 is 0 Å². The third-order valence-corrected chi connectivity index (χ3v) is 1.63. The second-order valence-corrected chi connectivity index (χ2v) is 2.48. The van der Waals surface area contributed by atoms with E-state index in [1.54, 1.807) is 0 Å². The zero-order chi connectivity index (χ0) is 8.97. The number of aldehydes is 1. The van der Waals surface area contributed by atoms with Crippen LogP contribution >= 0.6 is 0 Å². The van der Waals surface area contributed by atoms with Crippen molar-refractivity contribution in [3.63, 3.8) is 0 Å². The molecule has 0 amide bonds. The molecule has 1 aliphatic rings. The number of epoxide rings is 1. The monoisotopic (exact) mass is 174 g/mol. The van der Waals surface area contributed by atoms with Crippen molar-refractivity contribution >= 4 is 6.29 Å². The van der Waals surface area contributed by atoms with Crippen molar-refractivity contribution in [2.75, 3.05) is 13.2 Å². The predicted molar refractivity (Wildman–Crippen MR) is 41.8 cm³/mol. The standard InChI is InChI=1S/C8H14O4/c1-3-10-8(11-4-2)7-6(5-9)12-7/h5-8H,3-4H2,1-2H3. The summed E-state index contributed by atoms with van der Waals surface area (Å²) in [5, 5.41) is 0. The fourth-order valence-corrected chi connectivity index (χ4v) is 1.03. The summed E-state index contributed by atoms with van der Waals surface area (Å²) < 4.78 is 15.5. The van der Waals surface area contributed by atoms with E-state index < -0.39 is 0 Å². The Labute approximate surface area is 71.8 Å². The Bertz CT molecular complexity index is 142. The molecule has 70 valence electrons. The highest BCUT2D eigenvalue weighted by molar-refractivity contribution is 5.60. The normalized spacial score (nSPS) is 27.6. The van der Waals surface area contributed by atoms with Crippen molar-refractivity contribution in [2.24, 2.45) is 0 Å². The van der Waals surface area contributed by atoms with Crippen LogP contribution in [0.4, 0.5) is 0 Å². The molecule has 1 heterocycles. The van der Waals surface area contributed by atoms with Crippen LogP contribution in [0.25, 0.3) is 0 Å². The summed E-state index contributed by atoms with van der Waals surface area (Å²) in [7, 11) is 0. The zero-order valence-electron chi connectivity index (χ0n) is 7.36. The molecule has 4 nitrogen and oxygen atoms in total. The molecule has 0 aromatic heterocycles. The van der Waals surface area contributed by atoms with Crippen LogP contribution in [0.1, 0.15) is 13.8 Å². The molecule has 2 unspecified atom stereocenters. The minimum absolute atomic E-state index is 0.192. The molecule has 0 aromatic rings. The molecule has 0 bridgehead atoms. The van der Waals surface area contributed by atoms with Crippen molar-refractivity contribution in [1.82, 2.24) is 0 Å². The van der Waals surface area contributed by atoms with Crippen molar-refractivity contribution in [2.45, 2.75) is 32.3 Å². The SMILES string of the molecule is CCOC(OCC)C1OC1C=O. The summed E-state index contributed by atoms with van der Waals surface area (Å²) in [6.45, 7) is 4.89. The van der Waals surface area contributed by atoms with E-state index in [0.717, 1.165) is 6.29 Å². The lowest BCUT2D eigenvalue weighted by Gasteiger charge is -2.13. The van der Waals surface area contributed by atoms with Crippen LogP contribution in [0.15, 0.2) is 0 Å². The molecule has 0 radical (unpaired) electrons. The minimum Gasteiger partial charge on any atom is -0.356 e. The average Bonchev–Trinajstić information content (AvgIpc) is 2.83. The maximum Gasteiger partial charge on any atom is 0.186 e. The van der Waals surface area contributed by atoms with Crippen LogP contribution in [-0.2, 0) is 19.0 Å². The van der Waals surface area contributed by atoms with Gasteiger partial charge in [-0.25, -0.2) is 0 Å². The lowest BCUT2D eigenvalue weighted by molar-refractivity contribution is -0.147. The van der Waals surface area contributed by atoms with E-state index in [2.05, 4.69) is 0 Å². The molecule has 4 heteroatoms. The molecule has 1 fully saturated rings.